The minimum atomic E-state index is -4.35. The summed E-state index contributed by atoms with van der Waals surface area (Å²) < 4.78 is 52.4. The second-order valence-electron chi connectivity index (χ2n) is 6.01. The second kappa shape index (κ2) is 7.22. The van der Waals surface area contributed by atoms with Gasteiger partial charge in [-0.15, -0.1) is 0 Å². The molecule has 1 heterocycles. The van der Waals surface area contributed by atoms with Crippen molar-refractivity contribution in [2.45, 2.75) is 12.7 Å². The summed E-state index contributed by atoms with van der Waals surface area (Å²) in [7, 11) is 0. The number of benzene rings is 2. The molecule has 0 radical (unpaired) electrons. The number of halogens is 5. The lowest BCUT2D eigenvalue weighted by molar-refractivity contribution is -0.137. The number of nitrogens with zero attached hydrogens (tertiary/aromatic N) is 2. The van der Waals surface area contributed by atoms with Crippen LogP contribution in [0.1, 0.15) is 11.1 Å². The molecule has 3 rings (SSSR count). The Morgan fingerprint density at radius 3 is 2.28 bits per heavy atom. The molecule has 0 saturated carbocycles. The molecule has 2 aromatic carbocycles. The molecule has 0 bridgehead atoms. The highest BCUT2D eigenvalue weighted by Gasteiger charge is 2.31. The van der Waals surface area contributed by atoms with E-state index in [1.54, 1.807) is 18.2 Å². The van der Waals surface area contributed by atoms with Crippen molar-refractivity contribution in [2.75, 3.05) is 31.1 Å². The quantitative estimate of drug-likeness (QED) is 0.713. The van der Waals surface area contributed by atoms with Gasteiger partial charge in [0.2, 0.25) is 0 Å². The Balaban J connectivity index is 1.64. The first-order chi connectivity index (χ1) is 11.8. The molecule has 0 atom stereocenters. The van der Waals surface area contributed by atoms with Crippen molar-refractivity contribution in [2.24, 2.45) is 0 Å². The summed E-state index contributed by atoms with van der Waals surface area (Å²) in [4.78, 5) is 3.96. The average Bonchev–Trinajstić information content (AvgIpc) is 2.58. The van der Waals surface area contributed by atoms with Crippen molar-refractivity contribution in [1.29, 1.82) is 0 Å². The number of piperazine rings is 1. The molecule has 2 nitrogen and oxygen atoms in total. The van der Waals surface area contributed by atoms with E-state index in [-0.39, 0.29) is 5.82 Å². The van der Waals surface area contributed by atoms with E-state index in [0.717, 1.165) is 6.07 Å². The van der Waals surface area contributed by atoms with E-state index in [1.807, 2.05) is 4.90 Å². The molecule has 0 aliphatic carbocycles. The lowest BCUT2D eigenvalue weighted by atomic mass is 10.1. The van der Waals surface area contributed by atoms with Crippen molar-refractivity contribution in [3.63, 3.8) is 0 Å². The summed E-state index contributed by atoms with van der Waals surface area (Å²) in [6.07, 6.45) is -4.35. The first-order valence-electron chi connectivity index (χ1n) is 7.92. The van der Waals surface area contributed by atoms with Crippen molar-refractivity contribution in [3.8, 4) is 0 Å². The van der Waals surface area contributed by atoms with Crippen molar-refractivity contribution in [3.05, 3.63) is 64.4 Å². The van der Waals surface area contributed by atoms with Crippen LogP contribution in [0.5, 0.6) is 0 Å². The number of hydrogen-bond donors (Lipinski definition) is 0. The SMILES string of the molecule is Fc1cccc(Cl)c1CN1CCN(c2cccc(C(F)(F)F)c2)CC1. The van der Waals surface area contributed by atoms with Crippen molar-refractivity contribution >= 4 is 17.3 Å². The minimum Gasteiger partial charge on any atom is -0.369 e. The molecular weight excluding hydrogens is 356 g/mol. The zero-order valence-electron chi connectivity index (χ0n) is 13.4. The highest BCUT2D eigenvalue weighted by Crippen LogP contribution is 2.32. The van der Waals surface area contributed by atoms with Gasteiger partial charge >= 0.3 is 6.18 Å². The van der Waals surface area contributed by atoms with Crippen molar-refractivity contribution in [1.82, 2.24) is 4.90 Å². The summed E-state index contributed by atoms with van der Waals surface area (Å²) in [5.41, 5.74) is 0.362. The maximum atomic E-state index is 13.9. The molecule has 2 aromatic rings. The first kappa shape index (κ1) is 18.0. The van der Waals surface area contributed by atoms with E-state index < -0.39 is 11.7 Å². The Kier molecular flexibility index (Phi) is 5.20. The number of alkyl halides is 3. The largest absolute Gasteiger partial charge is 0.416 e. The second-order valence-corrected chi connectivity index (χ2v) is 6.42. The summed E-state index contributed by atoms with van der Waals surface area (Å²) in [5.74, 6) is -0.340. The molecule has 0 aromatic heterocycles. The predicted octanol–water partition coefficient (Wildman–Crippen LogP) is 4.82. The molecule has 1 aliphatic heterocycles. The molecule has 0 N–H and O–H groups in total. The predicted molar refractivity (Wildman–Crippen MR) is 90.3 cm³/mol. The molecule has 1 saturated heterocycles. The standard InChI is InChI=1S/C18H17ClF4N2/c19-16-5-2-6-17(20)15(16)12-24-7-9-25(10-8-24)14-4-1-3-13(11-14)18(21,22)23/h1-6,11H,7-10,12H2. The van der Waals surface area contributed by atoms with Crippen LogP contribution in [-0.2, 0) is 12.7 Å². The maximum absolute atomic E-state index is 13.9. The van der Waals surface area contributed by atoms with Gasteiger partial charge in [0, 0.05) is 49.0 Å². The van der Waals surface area contributed by atoms with Crippen LogP contribution in [0.4, 0.5) is 23.2 Å². The Bertz CT molecular complexity index is 720. The molecular formula is C18H17ClF4N2. The van der Waals surface area contributed by atoms with Crippen molar-refractivity contribution < 1.29 is 17.6 Å². The molecule has 1 fully saturated rings. The van der Waals surface area contributed by atoms with Crippen LogP contribution in [0.3, 0.4) is 0 Å². The third-order valence-electron chi connectivity index (χ3n) is 4.35. The lowest BCUT2D eigenvalue weighted by Crippen LogP contribution is -2.46. The van der Waals surface area contributed by atoms with Gasteiger partial charge in [-0.05, 0) is 30.3 Å². The fraction of sp³-hybridized carbons (Fsp3) is 0.333. The van der Waals surface area contributed by atoms with E-state index in [1.165, 1.54) is 18.2 Å². The molecule has 0 unspecified atom stereocenters. The number of hydrogen-bond acceptors (Lipinski definition) is 2. The summed E-state index contributed by atoms with van der Waals surface area (Å²) in [5, 5.41) is 0.389. The first-order valence-corrected chi connectivity index (χ1v) is 8.30. The van der Waals surface area contributed by atoms with E-state index >= 15 is 0 Å². The highest BCUT2D eigenvalue weighted by molar-refractivity contribution is 6.31. The van der Waals surface area contributed by atoms with Gasteiger partial charge in [-0.25, -0.2) is 4.39 Å². The van der Waals surface area contributed by atoms with E-state index in [2.05, 4.69) is 4.90 Å². The van der Waals surface area contributed by atoms with Gasteiger partial charge in [0.05, 0.1) is 5.56 Å². The molecule has 1 aliphatic rings. The average molecular weight is 373 g/mol. The summed E-state index contributed by atoms with van der Waals surface area (Å²) >= 11 is 6.05. The fourth-order valence-electron chi connectivity index (χ4n) is 2.95. The lowest BCUT2D eigenvalue weighted by Gasteiger charge is -2.36. The zero-order chi connectivity index (χ0) is 18.0. The summed E-state index contributed by atoms with van der Waals surface area (Å²) in [6.45, 7) is 2.80. The molecule has 0 amide bonds. The van der Waals surface area contributed by atoms with Gasteiger partial charge in [0.25, 0.3) is 0 Å². The monoisotopic (exact) mass is 372 g/mol. The third kappa shape index (κ3) is 4.25. The van der Waals surface area contributed by atoms with Crippen LogP contribution in [0.2, 0.25) is 5.02 Å². The van der Waals surface area contributed by atoms with Crippen LogP contribution in [0.25, 0.3) is 0 Å². The number of rotatable bonds is 3. The van der Waals surface area contributed by atoms with Crippen LogP contribution in [0.15, 0.2) is 42.5 Å². The molecule has 25 heavy (non-hydrogen) atoms. The van der Waals surface area contributed by atoms with Gasteiger partial charge in [-0.1, -0.05) is 23.7 Å². The van der Waals surface area contributed by atoms with Gasteiger partial charge < -0.3 is 4.90 Å². The summed E-state index contributed by atoms with van der Waals surface area (Å²) in [6, 6.07) is 9.93. The van der Waals surface area contributed by atoms with E-state index in [9.17, 15) is 17.6 Å². The van der Waals surface area contributed by atoms with Crippen LogP contribution in [-0.4, -0.2) is 31.1 Å². The van der Waals surface area contributed by atoms with Gasteiger partial charge in [0.1, 0.15) is 5.82 Å². The Labute approximate surface area is 148 Å². The third-order valence-corrected chi connectivity index (χ3v) is 4.71. The number of anilines is 1. The Morgan fingerprint density at radius 2 is 1.64 bits per heavy atom. The van der Waals surface area contributed by atoms with Gasteiger partial charge in [-0.2, -0.15) is 13.2 Å². The fourth-order valence-corrected chi connectivity index (χ4v) is 3.17. The van der Waals surface area contributed by atoms with E-state index in [4.69, 9.17) is 11.6 Å². The zero-order valence-corrected chi connectivity index (χ0v) is 14.1. The van der Waals surface area contributed by atoms with Gasteiger partial charge in [0.15, 0.2) is 0 Å². The van der Waals surface area contributed by atoms with Crippen LogP contribution in [0, 0.1) is 5.82 Å². The maximum Gasteiger partial charge on any atom is 0.416 e. The minimum absolute atomic E-state index is 0.340. The van der Waals surface area contributed by atoms with Gasteiger partial charge in [-0.3, -0.25) is 4.90 Å². The van der Waals surface area contributed by atoms with E-state index in [0.29, 0.717) is 49.0 Å². The van der Waals surface area contributed by atoms with Crippen LogP contribution < -0.4 is 4.90 Å². The smallest absolute Gasteiger partial charge is 0.369 e. The Hall–Kier alpha value is -1.79. The molecule has 134 valence electrons. The normalized spacial score (nSPS) is 16.3. The molecule has 0 spiro atoms. The Morgan fingerprint density at radius 1 is 0.960 bits per heavy atom. The topological polar surface area (TPSA) is 6.48 Å². The van der Waals surface area contributed by atoms with Crippen LogP contribution >= 0.6 is 11.6 Å². The molecule has 7 heteroatoms. The highest BCUT2D eigenvalue weighted by atomic mass is 35.5.